The van der Waals surface area contributed by atoms with E-state index in [1.807, 2.05) is 30.7 Å². The molecule has 17 heavy (non-hydrogen) atoms. The van der Waals surface area contributed by atoms with Crippen molar-refractivity contribution in [1.82, 2.24) is 9.55 Å². The minimum Gasteiger partial charge on any atom is -0.496 e. The van der Waals surface area contributed by atoms with Gasteiger partial charge >= 0.3 is 0 Å². The molecule has 0 atom stereocenters. The molecule has 90 valence electrons. The van der Waals surface area contributed by atoms with Crippen LogP contribution in [0, 0.1) is 6.92 Å². The molecule has 5 heteroatoms. The van der Waals surface area contributed by atoms with Crippen LogP contribution in [0.15, 0.2) is 23.1 Å². The van der Waals surface area contributed by atoms with Gasteiger partial charge in [-0.25, -0.2) is 4.98 Å². The van der Waals surface area contributed by atoms with Crippen molar-refractivity contribution in [1.29, 1.82) is 0 Å². The summed E-state index contributed by atoms with van der Waals surface area (Å²) in [5, 5.41) is 0.677. The number of hydrogen-bond acceptors (Lipinski definition) is 2. The van der Waals surface area contributed by atoms with Gasteiger partial charge in [-0.1, -0.05) is 11.6 Å². The fourth-order valence-corrected chi connectivity index (χ4v) is 2.45. The highest BCUT2D eigenvalue weighted by Crippen LogP contribution is 2.37. The molecule has 0 radical (unpaired) electrons. The van der Waals surface area contributed by atoms with Crippen LogP contribution in [-0.2, 0) is 7.05 Å². The highest BCUT2D eigenvalue weighted by molar-refractivity contribution is 9.10. The Balaban J connectivity index is 2.70. The van der Waals surface area contributed by atoms with E-state index in [1.54, 1.807) is 13.4 Å². The number of aromatic nitrogens is 2. The third kappa shape index (κ3) is 2.19. The van der Waals surface area contributed by atoms with Crippen LogP contribution in [0.25, 0.3) is 11.3 Å². The molecule has 0 aliphatic heterocycles. The fraction of sp³-hybridized carbons (Fsp3) is 0.250. The molecule has 0 spiro atoms. The summed E-state index contributed by atoms with van der Waals surface area (Å²) in [6.07, 6.45) is 1.75. The third-order valence-electron chi connectivity index (χ3n) is 2.56. The van der Waals surface area contributed by atoms with Gasteiger partial charge in [0.05, 0.1) is 13.4 Å². The van der Waals surface area contributed by atoms with Gasteiger partial charge in [0.2, 0.25) is 0 Å². The Labute approximate surface area is 114 Å². The second kappa shape index (κ2) is 4.70. The summed E-state index contributed by atoms with van der Waals surface area (Å²) in [4.78, 5) is 4.35. The normalized spacial score (nSPS) is 10.6. The molecular weight excluding hydrogens is 304 g/mol. The second-order valence-electron chi connectivity index (χ2n) is 3.80. The summed E-state index contributed by atoms with van der Waals surface area (Å²) in [5.74, 6) is 0.800. The first-order valence-electron chi connectivity index (χ1n) is 5.06. The van der Waals surface area contributed by atoms with E-state index in [1.165, 1.54) is 0 Å². The van der Waals surface area contributed by atoms with Crippen molar-refractivity contribution < 1.29 is 4.74 Å². The SMILES string of the molecule is COc1c(C)cc(Cl)cc1-c1ncn(C)c1Br. The van der Waals surface area contributed by atoms with Crippen molar-refractivity contribution in [3.8, 4) is 17.0 Å². The summed E-state index contributed by atoms with van der Waals surface area (Å²) in [7, 11) is 3.57. The fourth-order valence-electron chi connectivity index (χ4n) is 1.77. The molecule has 3 nitrogen and oxygen atoms in total. The lowest BCUT2D eigenvalue weighted by Gasteiger charge is -2.11. The summed E-state index contributed by atoms with van der Waals surface area (Å²) >= 11 is 9.58. The number of rotatable bonds is 2. The van der Waals surface area contributed by atoms with Crippen LogP contribution in [0.4, 0.5) is 0 Å². The van der Waals surface area contributed by atoms with Gasteiger partial charge in [0, 0.05) is 17.6 Å². The van der Waals surface area contributed by atoms with Gasteiger partial charge in [-0.2, -0.15) is 0 Å². The van der Waals surface area contributed by atoms with Crippen molar-refractivity contribution in [3.05, 3.63) is 33.6 Å². The molecular formula is C12H12BrClN2O. The number of methoxy groups -OCH3 is 1. The zero-order valence-electron chi connectivity index (χ0n) is 9.79. The molecule has 0 aliphatic rings. The van der Waals surface area contributed by atoms with Gasteiger partial charge in [0.1, 0.15) is 16.0 Å². The largest absolute Gasteiger partial charge is 0.496 e. The van der Waals surface area contributed by atoms with Crippen LogP contribution in [0.5, 0.6) is 5.75 Å². The lowest BCUT2D eigenvalue weighted by atomic mass is 10.1. The minimum atomic E-state index is 0.677. The first-order valence-corrected chi connectivity index (χ1v) is 6.23. The Morgan fingerprint density at radius 2 is 2.12 bits per heavy atom. The lowest BCUT2D eigenvalue weighted by Crippen LogP contribution is -1.93. The van der Waals surface area contributed by atoms with Gasteiger partial charge in [-0.15, -0.1) is 0 Å². The van der Waals surface area contributed by atoms with Gasteiger partial charge in [0.25, 0.3) is 0 Å². The maximum atomic E-state index is 6.08. The van der Waals surface area contributed by atoms with Crippen LogP contribution in [-0.4, -0.2) is 16.7 Å². The zero-order valence-corrected chi connectivity index (χ0v) is 12.1. The molecule has 2 rings (SSSR count). The van der Waals surface area contributed by atoms with Gasteiger partial charge < -0.3 is 9.30 Å². The van der Waals surface area contributed by atoms with Gasteiger partial charge in [-0.05, 0) is 40.5 Å². The number of imidazole rings is 1. The number of hydrogen-bond donors (Lipinski definition) is 0. The Bertz CT molecular complexity index is 566. The third-order valence-corrected chi connectivity index (χ3v) is 3.72. The van der Waals surface area contributed by atoms with E-state index in [9.17, 15) is 0 Å². The topological polar surface area (TPSA) is 27.1 Å². The molecule has 0 N–H and O–H groups in total. The monoisotopic (exact) mass is 314 g/mol. The van der Waals surface area contributed by atoms with Crippen LogP contribution in [0.3, 0.4) is 0 Å². The molecule has 1 aromatic heterocycles. The summed E-state index contributed by atoms with van der Waals surface area (Å²) in [6.45, 7) is 1.96. The molecule has 2 aromatic rings. The number of nitrogens with zero attached hydrogens (tertiary/aromatic N) is 2. The highest BCUT2D eigenvalue weighted by atomic mass is 79.9. The van der Waals surface area contributed by atoms with Crippen molar-refractivity contribution in [3.63, 3.8) is 0 Å². The average molecular weight is 316 g/mol. The van der Waals surface area contributed by atoms with E-state index < -0.39 is 0 Å². The summed E-state index contributed by atoms with van der Waals surface area (Å²) < 4.78 is 8.22. The Morgan fingerprint density at radius 1 is 1.41 bits per heavy atom. The van der Waals surface area contributed by atoms with E-state index in [0.717, 1.165) is 27.2 Å². The summed E-state index contributed by atoms with van der Waals surface area (Å²) in [6, 6.07) is 3.74. The van der Waals surface area contributed by atoms with Crippen LogP contribution >= 0.6 is 27.5 Å². The second-order valence-corrected chi connectivity index (χ2v) is 4.99. The standard InChI is InChI=1S/C12H12BrClN2O/c1-7-4-8(14)5-9(11(7)17-3)10-12(13)16(2)6-15-10/h4-6H,1-3H3. The predicted molar refractivity (Wildman–Crippen MR) is 72.6 cm³/mol. The minimum absolute atomic E-state index is 0.677. The maximum absolute atomic E-state index is 6.08. The Kier molecular flexibility index (Phi) is 3.45. The first-order chi connectivity index (χ1) is 8.04. The van der Waals surface area contributed by atoms with Crippen molar-refractivity contribution in [2.24, 2.45) is 7.05 Å². The molecule has 0 aliphatic carbocycles. The zero-order chi connectivity index (χ0) is 12.6. The van der Waals surface area contributed by atoms with E-state index >= 15 is 0 Å². The van der Waals surface area contributed by atoms with Crippen molar-refractivity contribution in [2.45, 2.75) is 6.92 Å². The van der Waals surface area contributed by atoms with Crippen LogP contribution in [0.2, 0.25) is 5.02 Å². The van der Waals surface area contributed by atoms with Crippen molar-refractivity contribution in [2.75, 3.05) is 7.11 Å². The lowest BCUT2D eigenvalue weighted by molar-refractivity contribution is 0.413. The predicted octanol–water partition coefficient (Wildman–Crippen LogP) is 3.82. The average Bonchev–Trinajstić information content (AvgIpc) is 2.59. The number of aryl methyl sites for hydroxylation is 2. The Hall–Kier alpha value is -1.00. The number of ether oxygens (including phenoxy) is 1. The molecule has 0 fully saturated rings. The number of benzene rings is 1. The Morgan fingerprint density at radius 3 is 2.65 bits per heavy atom. The van der Waals surface area contributed by atoms with Crippen LogP contribution < -0.4 is 4.74 Å². The molecule has 1 aromatic carbocycles. The number of halogens is 2. The van der Waals surface area contributed by atoms with E-state index in [4.69, 9.17) is 16.3 Å². The molecule has 1 heterocycles. The first kappa shape index (κ1) is 12.5. The smallest absolute Gasteiger partial charge is 0.131 e. The summed E-state index contributed by atoms with van der Waals surface area (Å²) in [5.41, 5.74) is 2.72. The van der Waals surface area contributed by atoms with Gasteiger partial charge in [-0.3, -0.25) is 0 Å². The molecule has 0 bridgehead atoms. The quantitative estimate of drug-likeness (QED) is 0.842. The highest BCUT2D eigenvalue weighted by Gasteiger charge is 2.16. The van der Waals surface area contributed by atoms with E-state index in [0.29, 0.717) is 5.02 Å². The van der Waals surface area contributed by atoms with E-state index in [2.05, 4.69) is 20.9 Å². The van der Waals surface area contributed by atoms with E-state index in [-0.39, 0.29) is 0 Å². The van der Waals surface area contributed by atoms with Crippen LogP contribution in [0.1, 0.15) is 5.56 Å². The molecule has 0 unspecified atom stereocenters. The maximum Gasteiger partial charge on any atom is 0.131 e. The van der Waals surface area contributed by atoms with Crippen molar-refractivity contribution >= 4 is 27.5 Å². The van der Waals surface area contributed by atoms with Gasteiger partial charge in [0.15, 0.2) is 0 Å². The molecule has 0 amide bonds. The molecule has 0 saturated carbocycles. The molecule has 0 saturated heterocycles.